The second kappa shape index (κ2) is 8.48. The monoisotopic (exact) mass is 354 g/mol. The first-order valence-corrected chi connectivity index (χ1v) is 10.2. The van der Waals surface area contributed by atoms with Crippen LogP contribution in [0.15, 0.2) is 29.2 Å². The van der Waals surface area contributed by atoms with Crippen molar-refractivity contribution in [3.8, 4) is 5.75 Å². The number of hydrogen-bond acceptors (Lipinski definition) is 5. The highest BCUT2D eigenvalue weighted by atomic mass is 32.2. The summed E-state index contributed by atoms with van der Waals surface area (Å²) in [7, 11) is -3.21. The number of hydrogen-bond donors (Lipinski definition) is 2. The van der Waals surface area contributed by atoms with Crippen LogP contribution >= 0.6 is 0 Å². The zero-order chi connectivity index (χ0) is 17.6. The molecule has 1 aromatic carbocycles. The van der Waals surface area contributed by atoms with Crippen LogP contribution in [-0.4, -0.2) is 39.8 Å². The van der Waals surface area contributed by atoms with E-state index in [-0.39, 0.29) is 29.9 Å². The fourth-order valence-electron chi connectivity index (χ4n) is 3.00. The minimum atomic E-state index is -3.21. The molecule has 0 radical (unpaired) electrons. The molecular formula is C17H26N2O4S. The summed E-state index contributed by atoms with van der Waals surface area (Å²) >= 11 is 0. The highest BCUT2D eigenvalue weighted by molar-refractivity contribution is 7.90. The molecule has 0 heterocycles. The van der Waals surface area contributed by atoms with E-state index >= 15 is 0 Å². The molecule has 2 rings (SSSR count). The van der Waals surface area contributed by atoms with Crippen LogP contribution in [0.4, 0.5) is 0 Å². The third-order valence-electron chi connectivity index (χ3n) is 4.41. The first kappa shape index (κ1) is 18.7. The van der Waals surface area contributed by atoms with Gasteiger partial charge in [-0.05, 0) is 49.6 Å². The van der Waals surface area contributed by atoms with Crippen LogP contribution in [0.25, 0.3) is 0 Å². The molecule has 0 aromatic heterocycles. The first-order chi connectivity index (χ1) is 11.4. The zero-order valence-electron chi connectivity index (χ0n) is 14.0. The van der Waals surface area contributed by atoms with Crippen molar-refractivity contribution in [1.82, 2.24) is 5.32 Å². The van der Waals surface area contributed by atoms with Gasteiger partial charge in [-0.1, -0.05) is 12.8 Å². The quantitative estimate of drug-likeness (QED) is 0.773. The van der Waals surface area contributed by atoms with Crippen LogP contribution in [0.5, 0.6) is 5.75 Å². The molecule has 1 aromatic rings. The van der Waals surface area contributed by atoms with Crippen molar-refractivity contribution in [2.75, 3.05) is 19.4 Å². The summed E-state index contributed by atoms with van der Waals surface area (Å²) in [5, 5.41) is 3.06. The average Bonchev–Trinajstić information content (AvgIpc) is 2.55. The standard InChI is InChI=1S/C17H26N2O4S/c1-24(21,22)15-8-6-14(7-9-15)23-11-10-17(20)19-16-5-3-2-4-13(16)12-18/h6-9,13,16H,2-5,10-12,18H2,1H3,(H,19,20). The van der Waals surface area contributed by atoms with Crippen molar-refractivity contribution in [2.24, 2.45) is 11.7 Å². The second-order valence-electron chi connectivity index (χ2n) is 6.30. The number of amides is 1. The molecule has 1 aliphatic rings. The van der Waals surface area contributed by atoms with E-state index < -0.39 is 9.84 Å². The number of benzene rings is 1. The Labute approximate surface area is 143 Å². The maximum Gasteiger partial charge on any atom is 0.223 e. The van der Waals surface area contributed by atoms with Gasteiger partial charge < -0.3 is 15.8 Å². The number of ether oxygens (including phenoxy) is 1. The summed E-state index contributed by atoms with van der Waals surface area (Å²) in [6.07, 6.45) is 5.80. The van der Waals surface area contributed by atoms with Crippen molar-refractivity contribution in [3.05, 3.63) is 24.3 Å². The lowest BCUT2D eigenvalue weighted by molar-refractivity contribution is -0.122. The van der Waals surface area contributed by atoms with Crippen LogP contribution in [0.2, 0.25) is 0 Å². The van der Waals surface area contributed by atoms with Crippen molar-refractivity contribution >= 4 is 15.7 Å². The van der Waals surface area contributed by atoms with Gasteiger partial charge in [-0.2, -0.15) is 0 Å². The van der Waals surface area contributed by atoms with Gasteiger partial charge in [0.05, 0.1) is 17.9 Å². The third kappa shape index (κ3) is 5.49. The van der Waals surface area contributed by atoms with Gasteiger partial charge in [0.2, 0.25) is 5.91 Å². The van der Waals surface area contributed by atoms with Gasteiger partial charge in [-0.15, -0.1) is 0 Å². The number of carbonyl (C=O) groups is 1. The number of rotatable bonds is 7. The van der Waals surface area contributed by atoms with E-state index in [4.69, 9.17) is 10.5 Å². The summed E-state index contributed by atoms with van der Waals surface area (Å²) in [4.78, 5) is 12.3. The maximum atomic E-state index is 12.0. The highest BCUT2D eigenvalue weighted by Gasteiger charge is 2.25. The molecule has 2 atom stereocenters. The van der Waals surface area contributed by atoms with E-state index in [1.165, 1.54) is 18.6 Å². The maximum absolute atomic E-state index is 12.0. The van der Waals surface area contributed by atoms with Gasteiger partial charge in [-0.25, -0.2) is 8.42 Å². The minimum absolute atomic E-state index is 0.0342. The lowest BCUT2D eigenvalue weighted by atomic mass is 9.84. The molecular weight excluding hydrogens is 328 g/mol. The molecule has 0 bridgehead atoms. The molecule has 6 nitrogen and oxygen atoms in total. The Morgan fingerprint density at radius 3 is 2.54 bits per heavy atom. The van der Waals surface area contributed by atoms with Crippen LogP contribution in [0.3, 0.4) is 0 Å². The molecule has 0 aliphatic heterocycles. The molecule has 7 heteroatoms. The Kier molecular flexibility index (Phi) is 6.62. The smallest absolute Gasteiger partial charge is 0.223 e. The predicted molar refractivity (Wildman–Crippen MR) is 92.6 cm³/mol. The Morgan fingerprint density at radius 2 is 1.92 bits per heavy atom. The van der Waals surface area contributed by atoms with Crippen LogP contribution in [0, 0.1) is 5.92 Å². The predicted octanol–water partition coefficient (Wildman–Crippen LogP) is 1.49. The van der Waals surface area contributed by atoms with Crippen molar-refractivity contribution in [3.63, 3.8) is 0 Å². The normalized spacial score (nSPS) is 21.2. The largest absolute Gasteiger partial charge is 0.493 e. The van der Waals surface area contributed by atoms with E-state index in [2.05, 4.69) is 5.32 Å². The molecule has 1 aliphatic carbocycles. The van der Waals surface area contributed by atoms with E-state index in [9.17, 15) is 13.2 Å². The molecule has 1 saturated carbocycles. The lowest BCUT2D eigenvalue weighted by Crippen LogP contribution is -2.45. The van der Waals surface area contributed by atoms with Crippen molar-refractivity contribution < 1.29 is 17.9 Å². The Hall–Kier alpha value is -1.60. The van der Waals surface area contributed by atoms with Gasteiger partial charge in [0.15, 0.2) is 9.84 Å². The Morgan fingerprint density at radius 1 is 1.25 bits per heavy atom. The Balaban J connectivity index is 1.76. The molecule has 0 saturated heterocycles. The van der Waals surface area contributed by atoms with Crippen LogP contribution in [0.1, 0.15) is 32.1 Å². The van der Waals surface area contributed by atoms with E-state index in [1.54, 1.807) is 12.1 Å². The first-order valence-electron chi connectivity index (χ1n) is 8.32. The summed E-state index contributed by atoms with van der Waals surface area (Å²) in [6, 6.07) is 6.36. The van der Waals surface area contributed by atoms with E-state index in [0.717, 1.165) is 25.5 Å². The molecule has 0 spiro atoms. The molecule has 1 amide bonds. The van der Waals surface area contributed by atoms with Gasteiger partial charge in [-0.3, -0.25) is 4.79 Å². The zero-order valence-corrected chi connectivity index (χ0v) is 14.8. The summed E-state index contributed by atoms with van der Waals surface area (Å²) in [6.45, 7) is 0.859. The fraction of sp³-hybridized carbons (Fsp3) is 0.588. The minimum Gasteiger partial charge on any atom is -0.493 e. The summed E-state index contributed by atoms with van der Waals surface area (Å²) in [5.74, 6) is 0.882. The third-order valence-corrected chi connectivity index (χ3v) is 5.54. The average molecular weight is 354 g/mol. The van der Waals surface area contributed by atoms with Gasteiger partial charge in [0.25, 0.3) is 0 Å². The lowest BCUT2D eigenvalue weighted by Gasteiger charge is -2.31. The second-order valence-corrected chi connectivity index (χ2v) is 8.31. The number of nitrogens with two attached hydrogens (primary N) is 1. The van der Waals surface area contributed by atoms with E-state index in [0.29, 0.717) is 18.2 Å². The molecule has 2 unspecified atom stereocenters. The van der Waals surface area contributed by atoms with Crippen molar-refractivity contribution in [1.29, 1.82) is 0 Å². The van der Waals surface area contributed by atoms with E-state index in [1.807, 2.05) is 0 Å². The fourth-order valence-corrected chi connectivity index (χ4v) is 3.63. The number of nitrogens with one attached hydrogen (secondary N) is 1. The summed E-state index contributed by atoms with van der Waals surface area (Å²) in [5.41, 5.74) is 5.77. The SMILES string of the molecule is CS(=O)(=O)c1ccc(OCCC(=O)NC2CCCCC2CN)cc1. The molecule has 134 valence electrons. The topological polar surface area (TPSA) is 98.5 Å². The summed E-state index contributed by atoms with van der Waals surface area (Å²) < 4.78 is 28.3. The van der Waals surface area contributed by atoms with Crippen molar-refractivity contribution in [2.45, 2.75) is 43.0 Å². The van der Waals surface area contributed by atoms with Crippen LogP contribution < -0.4 is 15.8 Å². The molecule has 3 N–H and O–H groups in total. The molecule has 1 fully saturated rings. The number of carbonyl (C=O) groups excluding carboxylic acids is 1. The van der Waals surface area contributed by atoms with Gasteiger partial charge in [0, 0.05) is 12.3 Å². The van der Waals surface area contributed by atoms with Gasteiger partial charge in [0.1, 0.15) is 5.75 Å². The Bertz CT molecular complexity index is 643. The molecule has 24 heavy (non-hydrogen) atoms. The highest BCUT2D eigenvalue weighted by Crippen LogP contribution is 2.23. The number of sulfone groups is 1. The van der Waals surface area contributed by atoms with Crippen LogP contribution in [-0.2, 0) is 14.6 Å². The van der Waals surface area contributed by atoms with Gasteiger partial charge >= 0.3 is 0 Å².